The van der Waals surface area contributed by atoms with Crippen molar-refractivity contribution in [3.05, 3.63) is 83.7 Å². The van der Waals surface area contributed by atoms with E-state index in [0.717, 1.165) is 24.1 Å². The molecule has 1 N–H and O–H groups in total. The molecule has 1 amide bonds. The van der Waals surface area contributed by atoms with Crippen LogP contribution in [0, 0.1) is 11.6 Å². The number of carbonyl (C=O) groups is 1. The second-order valence-corrected chi connectivity index (χ2v) is 7.98. The Balaban J connectivity index is 1.38. The number of anilines is 1. The fraction of sp³-hybridized carbons (Fsp3) is 0.250. The van der Waals surface area contributed by atoms with Crippen LogP contribution in [0.15, 0.2) is 60.8 Å². The molecular formula is C24H20F2N2O2. The van der Waals surface area contributed by atoms with E-state index in [0.29, 0.717) is 22.7 Å². The van der Waals surface area contributed by atoms with Gasteiger partial charge in [0.2, 0.25) is 5.91 Å². The van der Waals surface area contributed by atoms with Crippen LogP contribution in [0.5, 0.6) is 0 Å². The van der Waals surface area contributed by atoms with Gasteiger partial charge in [0.25, 0.3) is 0 Å². The molecule has 2 aromatic carbocycles. The molecule has 1 aliphatic heterocycles. The first-order chi connectivity index (χ1) is 14.5. The van der Waals surface area contributed by atoms with Crippen LogP contribution in [0.1, 0.15) is 30.0 Å². The van der Waals surface area contributed by atoms with Crippen LogP contribution in [-0.2, 0) is 14.9 Å². The van der Waals surface area contributed by atoms with Crippen LogP contribution in [0.4, 0.5) is 14.5 Å². The van der Waals surface area contributed by atoms with E-state index in [1.165, 1.54) is 30.3 Å². The Morgan fingerprint density at radius 2 is 1.73 bits per heavy atom. The number of hydrogen-bond donors (Lipinski definition) is 1. The third kappa shape index (κ3) is 3.37. The van der Waals surface area contributed by atoms with Crippen molar-refractivity contribution >= 4 is 11.6 Å². The second-order valence-electron chi connectivity index (χ2n) is 7.98. The Bertz CT molecular complexity index is 1090. The Morgan fingerprint density at radius 3 is 2.30 bits per heavy atom. The average Bonchev–Trinajstić information content (AvgIpc) is 3.55. The Morgan fingerprint density at radius 1 is 1.03 bits per heavy atom. The van der Waals surface area contributed by atoms with E-state index in [2.05, 4.69) is 10.3 Å². The summed E-state index contributed by atoms with van der Waals surface area (Å²) in [5.41, 5.74) is 2.46. The van der Waals surface area contributed by atoms with Crippen molar-refractivity contribution in [2.45, 2.75) is 24.2 Å². The van der Waals surface area contributed by atoms with Crippen LogP contribution in [0.25, 0.3) is 11.1 Å². The van der Waals surface area contributed by atoms with Crippen molar-refractivity contribution < 1.29 is 18.3 Å². The predicted octanol–water partition coefficient (Wildman–Crippen LogP) is 4.81. The van der Waals surface area contributed by atoms with Gasteiger partial charge in [-0.2, -0.15) is 0 Å². The molecule has 5 rings (SSSR count). The lowest BCUT2D eigenvalue weighted by Gasteiger charge is -2.40. The molecule has 2 aliphatic rings. The predicted molar refractivity (Wildman–Crippen MR) is 109 cm³/mol. The van der Waals surface area contributed by atoms with Gasteiger partial charge in [0, 0.05) is 29.1 Å². The summed E-state index contributed by atoms with van der Waals surface area (Å²) in [5.74, 6) is -0.462. The number of amides is 1. The number of rotatable bonds is 5. The van der Waals surface area contributed by atoms with Crippen molar-refractivity contribution in [3.63, 3.8) is 0 Å². The quantitative estimate of drug-likeness (QED) is 0.662. The topological polar surface area (TPSA) is 51.2 Å². The van der Waals surface area contributed by atoms with Crippen LogP contribution >= 0.6 is 0 Å². The number of ether oxygens (including phenoxy) is 1. The zero-order valence-electron chi connectivity index (χ0n) is 16.2. The summed E-state index contributed by atoms with van der Waals surface area (Å²) in [6.45, 7) is 0.511. The minimum atomic E-state index is -0.820. The van der Waals surface area contributed by atoms with Gasteiger partial charge in [-0.1, -0.05) is 24.3 Å². The Hall–Kier alpha value is -3.12. The SMILES string of the molecule is O=C(Nc1ccc(F)cc1)C1(c2ccc(-c3cnc(C4CC4)cc3F)cc2)COC1. The van der Waals surface area contributed by atoms with Gasteiger partial charge in [-0.25, -0.2) is 8.78 Å². The van der Waals surface area contributed by atoms with Gasteiger partial charge in [-0.05, 0) is 54.3 Å². The highest BCUT2D eigenvalue weighted by Crippen LogP contribution is 2.40. The molecule has 3 aromatic rings. The van der Waals surface area contributed by atoms with Crippen LogP contribution in [-0.4, -0.2) is 24.1 Å². The van der Waals surface area contributed by atoms with Crippen molar-refractivity contribution in [1.82, 2.24) is 4.98 Å². The number of nitrogens with zero attached hydrogens (tertiary/aromatic N) is 1. The maximum atomic E-state index is 14.6. The summed E-state index contributed by atoms with van der Waals surface area (Å²) in [6, 6.07) is 14.4. The monoisotopic (exact) mass is 406 g/mol. The smallest absolute Gasteiger partial charge is 0.239 e. The minimum absolute atomic E-state index is 0.213. The zero-order valence-corrected chi connectivity index (χ0v) is 16.2. The molecule has 4 nitrogen and oxygen atoms in total. The second kappa shape index (κ2) is 7.29. The molecule has 152 valence electrons. The van der Waals surface area contributed by atoms with E-state index in [1.54, 1.807) is 18.3 Å². The van der Waals surface area contributed by atoms with Crippen LogP contribution in [0.3, 0.4) is 0 Å². The molecule has 0 unspecified atom stereocenters. The normalized spacial score (nSPS) is 17.3. The van der Waals surface area contributed by atoms with Crippen molar-refractivity contribution in [2.24, 2.45) is 0 Å². The third-order valence-corrected chi connectivity index (χ3v) is 5.85. The molecule has 1 saturated heterocycles. The molecule has 1 saturated carbocycles. The summed E-state index contributed by atoms with van der Waals surface area (Å²) in [5, 5.41) is 2.83. The van der Waals surface area contributed by atoms with Gasteiger partial charge < -0.3 is 10.1 Å². The maximum absolute atomic E-state index is 14.6. The minimum Gasteiger partial charge on any atom is -0.378 e. The zero-order chi connectivity index (χ0) is 20.7. The van der Waals surface area contributed by atoms with Crippen LogP contribution < -0.4 is 5.32 Å². The highest BCUT2D eigenvalue weighted by atomic mass is 19.1. The first kappa shape index (κ1) is 18.9. The number of aromatic nitrogens is 1. The lowest BCUT2D eigenvalue weighted by atomic mass is 9.77. The molecule has 30 heavy (non-hydrogen) atoms. The molecular weight excluding hydrogens is 386 g/mol. The Kier molecular flexibility index (Phi) is 4.59. The molecule has 0 radical (unpaired) electrons. The first-order valence-corrected chi connectivity index (χ1v) is 9.96. The van der Waals surface area contributed by atoms with E-state index >= 15 is 0 Å². The lowest BCUT2D eigenvalue weighted by Crippen LogP contribution is -2.55. The number of benzene rings is 2. The summed E-state index contributed by atoms with van der Waals surface area (Å²) >= 11 is 0. The number of carbonyl (C=O) groups excluding carboxylic acids is 1. The molecule has 6 heteroatoms. The summed E-state index contributed by atoms with van der Waals surface area (Å²) in [7, 11) is 0. The lowest BCUT2D eigenvalue weighted by molar-refractivity contribution is -0.139. The van der Waals surface area contributed by atoms with E-state index < -0.39 is 5.41 Å². The molecule has 0 spiro atoms. The highest BCUT2D eigenvalue weighted by Gasteiger charge is 2.47. The maximum Gasteiger partial charge on any atom is 0.239 e. The van der Waals surface area contributed by atoms with Crippen molar-refractivity contribution in [3.8, 4) is 11.1 Å². The average molecular weight is 406 g/mol. The highest BCUT2D eigenvalue weighted by molar-refractivity contribution is 6.00. The molecule has 1 aromatic heterocycles. The number of pyridine rings is 1. The summed E-state index contributed by atoms with van der Waals surface area (Å²) in [4.78, 5) is 17.4. The van der Waals surface area contributed by atoms with Gasteiger partial charge in [0.05, 0.1) is 13.2 Å². The van der Waals surface area contributed by atoms with Gasteiger partial charge >= 0.3 is 0 Å². The van der Waals surface area contributed by atoms with Crippen molar-refractivity contribution in [1.29, 1.82) is 0 Å². The Labute approximate surface area is 172 Å². The number of hydrogen-bond acceptors (Lipinski definition) is 3. The molecule has 2 fully saturated rings. The van der Waals surface area contributed by atoms with Crippen LogP contribution in [0.2, 0.25) is 0 Å². The first-order valence-electron chi connectivity index (χ1n) is 9.96. The number of halogens is 2. The van der Waals surface area contributed by atoms with Gasteiger partial charge in [0.1, 0.15) is 17.0 Å². The fourth-order valence-electron chi connectivity index (χ4n) is 3.75. The van der Waals surface area contributed by atoms with Gasteiger partial charge in [-0.3, -0.25) is 9.78 Å². The van der Waals surface area contributed by atoms with Crippen molar-refractivity contribution in [2.75, 3.05) is 18.5 Å². The fourth-order valence-corrected chi connectivity index (χ4v) is 3.75. The molecule has 2 heterocycles. The molecule has 0 bridgehead atoms. The van der Waals surface area contributed by atoms with E-state index in [-0.39, 0.29) is 30.8 Å². The summed E-state index contributed by atoms with van der Waals surface area (Å²) in [6.07, 6.45) is 3.73. The third-order valence-electron chi connectivity index (χ3n) is 5.85. The van der Waals surface area contributed by atoms with Gasteiger partial charge in [0.15, 0.2) is 0 Å². The van der Waals surface area contributed by atoms with E-state index in [9.17, 15) is 13.6 Å². The summed E-state index contributed by atoms with van der Waals surface area (Å²) < 4.78 is 33.0. The van der Waals surface area contributed by atoms with Gasteiger partial charge in [-0.15, -0.1) is 0 Å². The molecule has 0 atom stereocenters. The standard InChI is InChI=1S/C24H20F2N2O2/c25-18-7-9-19(10-8-18)28-23(29)24(13-30-14-24)17-5-3-15(4-6-17)20-12-27-22(11-21(20)26)16-1-2-16/h3-12,16H,1-2,13-14H2,(H,28,29). The largest absolute Gasteiger partial charge is 0.378 e. The van der Waals surface area contributed by atoms with E-state index in [4.69, 9.17) is 4.74 Å². The number of nitrogens with one attached hydrogen (secondary N) is 1. The molecule has 1 aliphatic carbocycles. The van der Waals surface area contributed by atoms with E-state index in [1.807, 2.05) is 12.1 Å².